The van der Waals surface area contributed by atoms with Gasteiger partial charge >= 0.3 is 0 Å². The average molecular weight is 224 g/mol. The third-order valence-electron chi connectivity index (χ3n) is 2.46. The lowest BCUT2D eigenvalue weighted by Gasteiger charge is -2.16. The van der Waals surface area contributed by atoms with Crippen molar-refractivity contribution in [3.05, 3.63) is 35.6 Å². The molecule has 0 aliphatic rings. The van der Waals surface area contributed by atoms with Gasteiger partial charge in [-0.2, -0.15) is 0 Å². The molecule has 1 atom stereocenters. The largest absolute Gasteiger partial charge is 0.350 e. The van der Waals surface area contributed by atoms with E-state index in [1.54, 1.807) is 0 Å². The molecule has 0 spiro atoms. The second-order valence-corrected chi connectivity index (χ2v) is 4.12. The number of hydrogen-bond acceptors (Lipinski definition) is 2. The lowest BCUT2D eigenvalue weighted by atomic mass is 10.1. The van der Waals surface area contributed by atoms with Gasteiger partial charge in [-0.25, -0.2) is 4.39 Å². The molecule has 0 bridgehead atoms. The lowest BCUT2D eigenvalue weighted by molar-refractivity contribution is 0.0949. The number of nitrogens with two attached hydrogens (primary N) is 1. The summed E-state index contributed by atoms with van der Waals surface area (Å²) in [5.74, 6) is -0.264. The molecule has 3 nitrogen and oxygen atoms in total. The summed E-state index contributed by atoms with van der Waals surface area (Å²) in [4.78, 5) is 11.6. The molecule has 4 heteroatoms. The Morgan fingerprint density at radius 2 is 1.94 bits per heavy atom. The van der Waals surface area contributed by atoms with Gasteiger partial charge in [-0.1, -0.05) is 13.8 Å². The third-order valence-corrected chi connectivity index (χ3v) is 2.46. The van der Waals surface area contributed by atoms with Crippen LogP contribution in [0, 0.1) is 11.7 Å². The van der Waals surface area contributed by atoms with E-state index in [0.717, 1.165) is 0 Å². The fourth-order valence-electron chi connectivity index (χ4n) is 1.15. The summed E-state index contributed by atoms with van der Waals surface area (Å²) in [7, 11) is 0. The van der Waals surface area contributed by atoms with Crippen LogP contribution in [0.2, 0.25) is 0 Å². The van der Waals surface area contributed by atoms with E-state index in [-0.39, 0.29) is 17.8 Å². The van der Waals surface area contributed by atoms with Crippen LogP contribution in [0.3, 0.4) is 0 Å². The van der Waals surface area contributed by atoms with E-state index in [0.29, 0.717) is 18.0 Å². The first-order valence-electron chi connectivity index (χ1n) is 5.30. The van der Waals surface area contributed by atoms with Crippen molar-refractivity contribution in [1.82, 2.24) is 5.32 Å². The van der Waals surface area contributed by atoms with E-state index in [1.807, 2.05) is 13.8 Å². The summed E-state index contributed by atoms with van der Waals surface area (Å²) < 4.78 is 12.6. The van der Waals surface area contributed by atoms with Gasteiger partial charge in [0.2, 0.25) is 0 Å². The van der Waals surface area contributed by atoms with Crippen LogP contribution in [0.25, 0.3) is 0 Å². The lowest BCUT2D eigenvalue weighted by Crippen LogP contribution is -2.40. The SMILES string of the molecule is CC(C)C(N)CNC(=O)c1ccc(F)cc1. The smallest absolute Gasteiger partial charge is 0.251 e. The van der Waals surface area contributed by atoms with Gasteiger partial charge in [-0.05, 0) is 30.2 Å². The molecular formula is C12H17FN2O. The summed E-state index contributed by atoms with van der Waals surface area (Å²) in [6, 6.07) is 5.36. The number of benzene rings is 1. The Morgan fingerprint density at radius 3 is 2.44 bits per heavy atom. The molecule has 16 heavy (non-hydrogen) atoms. The second kappa shape index (κ2) is 5.61. The highest BCUT2D eigenvalue weighted by molar-refractivity contribution is 5.94. The average Bonchev–Trinajstić information content (AvgIpc) is 2.26. The number of carbonyl (C=O) groups excluding carboxylic acids is 1. The molecule has 3 N–H and O–H groups in total. The number of halogens is 1. The number of nitrogens with one attached hydrogen (secondary N) is 1. The molecule has 0 saturated heterocycles. The zero-order chi connectivity index (χ0) is 12.1. The van der Waals surface area contributed by atoms with Crippen molar-refractivity contribution in [3.8, 4) is 0 Å². The monoisotopic (exact) mass is 224 g/mol. The van der Waals surface area contributed by atoms with E-state index >= 15 is 0 Å². The number of hydrogen-bond donors (Lipinski definition) is 2. The molecule has 0 radical (unpaired) electrons. The second-order valence-electron chi connectivity index (χ2n) is 4.12. The van der Waals surface area contributed by atoms with Crippen LogP contribution in [-0.2, 0) is 0 Å². The summed E-state index contributed by atoms with van der Waals surface area (Å²) in [5, 5.41) is 2.71. The quantitative estimate of drug-likeness (QED) is 0.815. The topological polar surface area (TPSA) is 55.1 Å². The zero-order valence-corrected chi connectivity index (χ0v) is 9.53. The molecule has 0 fully saturated rings. The highest BCUT2D eigenvalue weighted by atomic mass is 19.1. The van der Waals surface area contributed by atoms with Crippen LogP contribution >= 0.6 is 0 Å². The minimum absolute atomic E-state index is 0.0654. The molecule has 0 aromatic heterocycles. The van der Waals surface area contributed by atoms with Crippen molar-refractivity contribution in [2.45, 2.75) is 19.9 Å². The zero-order valence-electron chi connectivity index (χ0n) is 9.53. The molecule has 1 rings (SSSR count). The molecule has 1 amide bonds. The highest BCUT2D eigenvalue weighted by Crippen LogP contribution is 2.03. The van der Waals surface area contributed by atoms with Gasteiger partial charge in [0.15, 0.2) is 0 Å². The van der Waals surface area contributed by atoms with Gasteiger partial charge in [0, 0.05) is 18.2 Å². The van der Waals surface area contributed by atoms with E-state index in [4.69, 9.17) is 5.73 Å². The maximum absolute atomic E-state index is 12.6. The molecule has 1 unspecified atom stereocenters. The molecule has 0 heterocycles. The predicted octanol–water partition coefficient (Wildman–Crippen LogP) is 1.54. The number of amides is 1. The van der Waals surface area contributed by atoms with E-state index in [9.17, 15) is 9.18 Å². The van der Waals surface area contributed by atoms with Crippen molar-refractivity contribution in [3.63, 3.8) is 0 Å². The summed E-state index contributed by atoms with van der Waals surface area (Å²) >= 11 is 0. The van der Waals surface area contributed by atoms with Crippen molar-refractivity contribution < 1.29 is 9.18 Å². The van der Waals surface area contributed by atoms with E-state index < -0.39 is 0 Å². The fraction of sp³-hybridized carbons (Fsp3) is 0.417. The van der Waals surface area contributed by atoms with Crippen molar-refractivity contribution in [2.75, 3.05) is 6.54 Å². The Balaban J connectivity index is 2.50. The van der Waals surface area contributed by atoms with E-state index in [1.165, 1.54) is 24.3 Å². The molecule has 88 valence electrons. The van der Waals surface area contributed by atoms with Crippen molar-refractivity contribution in [1.29, 1.82) is 0 Å². The maximum atomic E-state index is 12.6. The summed E-state index contributed by atoms with van der Waals surface area (Å²) in [5.41, 5.74) is 6.23. The van der Waals surface area contributed by atoms with Gasteiger partial charge < -0.3 is 11.1 Å². The summed E-state index contributed by atoms with van der Waals surface area (Å²) in [6.45, 7) is 4.41. The predicted molar refractivity (Wildman–Crippen MR) is 61.5 cm³/mol. The normalized spacial score (nSPS) is 12.6. The Hall–Kier alpha value is -1.42. The van der Waals surface area contributed by atoms with Gasteiger partial charge in [0.1, 0.15) is 5.82 Å². The van der Waals surface area contributed by atoms with Crippen LogP contribution in [0.15, 0.2) is 24.3 Å². The van der Waals surface area contributed by atoms with E-state index in [2.05, 4.69) is 5.32 Å². The summed E-state index contributed by atoms with van der Waals surface area (Å²) in [6.07, 6.45) is 0. The van der Waals surface area contributed by atoms with Gasteiger partial charge in [0.05, 0.1) is 0 Å². The van der Waals surface area contributed by atoms with Crippen LogP contribution in [0.5, 0.6) is 0 Å². The van der Waals surface area contributed by atoms with Crippen molar-refractivity contribution in [2.24, 2.45) is 11.7 Å². The molecule has 0 saturated carbocycles. The minimum atomic E-state index is -0.351. The van der Waals surface area contributed by atoms with Crippen molar-refractivity contribution >= 4 is 5.91 Å². The van der Waals surface area contributed by atoms with Crippen LogP contribution in [0.1, 0.15) is 24.2 Å². The minimum Gasteiger partial charge on any atom is -0.350 e. The molecule has 0 aliphatic carbocycles. The Morgan fingerprint density at radius 1 is 1.38 bits per heavy atom. The number of carbonyl (C=O) groups is 1. The van der Waals surface area contributed by atoms with Gasteiger partial charge in [0.25, 0.3) is 5.91 Å². The maximum Gasteiger partial charge on any atom is 0.251 e. The van der Waals surface area contributed by atoms with Crippen LogP contribution in [0.4, 0.5) is 4.39 Å². The Labute approximate surface area is 94.8 Å². The molecule has 1 aromatic rings. The van der Waals surface area contributed by atoms with Crippen LogP contribution in [-0.4, -0.2) is 18.5 Å². The Kier molecular flexibility index (Phi) is 4.43. The van der Waals surface area contributed by atoms with Gasteiger partial charge in [-0.3, -0.25) is 4.79 Å². The first-order chi connectivity index (χ1) is 7.50. The highest BCUT2D eigenvalue weighted by Gasteiger charge is 2.10. The third kappa shape index (κ3) is 3.62. The van der Waals surface area contributed by atoms with Gasteiger partial charge in [-0.15, -0.1) is 0 Å². The molecule has 0 aliphatic heterocycles. The fourth-order valence-corrected chi connectivity index (χ4v) is 1.15. The first-order valence-corrected chi connectivity index (χ1v) is 5.30. The molecule has 1 aromatic carbocycles. The molecular weight excluding hydrogens is 207 g/mol. The Bertz CT molecular complexity index is 349. The first kappa shape index (κ1) is 12.6. The van der Waals surface area contributed by atoms with Crippen LogP contribution < -0.4 is 11.1 Å². The number of rotatable bonds is 4. The standard InChI is InChI=1S/C12H17FN2O/c1-8(2)11(14)7-15-12(16)9-3-5-10(13)6-4-9/h3-6,8,11H,7,14H2,1-2H3,(H,15,16).